The van der Waals surface area contributed by atoms with E-state index in [1.165, 1.54) is 29.2 Å². The minimum atomic E-state index is -0.358. The number of thioether (sulfide) groups is 2. The van der Waals surface area contributed by atoms with Gasteiger partial charge in [-0.1, -0.05) is 47.0 Å². The molecule has 2 aromatic rings. The SMILES string of the molecule is CCNc1c(CSc2nnc(SC)s2)cccc1[N+](=O)[O-]. The number of rotatable bonds is 7. The van der Waals surface area contributed by atoms with Gasteiger partial charge in [-0.15, -0.1) is 10.2 Å². The Labute approximate surface area is 134 Å². The zero-order valence-corrected chi connectivity index (χ0v) is 14.0. The molecule has 0 aliphatic rings. The van der Waals surface area contributed by atoms with Gasteiger partial charge in [0.1, 0.15) is 5.69 Å². The van der Waals surface area contributed by atoms with Crippen LogP contribution >= 0.6 is 34.9 Å². The highest BCUT2D eigenvalue weighted by Crippen LogP contribution is 2.34. The van der Waals surface area contributed by atoms with Gasteiger partial charge in [-0.2, -0.15) is 0 Å². The summed E-state index contributed by atoms with van der Waals surface area (Å²) in [5.74, 6) is 0.618. The van der Waals surface area contributed by atoms with Crippen LogP contribution in [0.15, 0.2) is 26.9 Å². The molecule has 0 saturated heterocycles. The Bertz CT molecular complexity index is 633. The van der Waals surface area contributed by atoms with Crippen molar-refractivity contribution >= 4 is 46.2 Å². The standard InChI is InChI=1S/C12H14N4O2S3/c1-3-13-10-8(5-4-6-9(10)16(17)18)7-20-12-15-14-11(19-2)21-12/h4-6,13H,3,7H2,1-2H3. The van der Waals surface area contributed by atoms with Gasteiger partial charge in [0.2, 0.25) is 0 Å². The van der Waals surface area contributed by atoms with Crippen molar-refractivity contribution in [3.8, 4) is 0 Å². The molecular weight excluding hydrogens is 328 g/mol. The van der Waals surface area contributed by atoms with E-state index in [-0.39, 0.29) is 10.6 Å². The van der Waals surface area contributed by atoms with Crippen molar-refractivity contribution in [3.63, 3.8) is 0 Å². The molecule has 0 bridgehead atoms. The summed E-state index contributed by atoms with van der Waals surface area (Å²) in [6.45, 7) is 2.56. The average molecular weight is 342 g/mol. The number of para-hydroxylation sites is 1. The maximum Gasteiger partial charge on any atom is 0.292 e. The number of nitrogens with one attached hydrogen (secondary N) is 1. The molecule has 1 N–H and O–H groups in total. The molecule has 0 spiro atoms. The monoisotopic (exact) mass is 342 g/mol. The van der Waals surface area contributed by atoms with E-state index >= 15 is 0 Å². The second kappa shape index (κ2) is 7.62. The normalized spacial score (nSPS) is 10.6. The van der Waals surface area contributed by atoms with Crippen molar-refractivity contribution in [1.29, 1.82) is 0 Å². The molecule has 1 aromatic carbocycles. The van der Waals surface area contributed by atoms with Gasteiger partial charge in [-0.25, -0.2) is 0 Å². The van der Waals surface area contributed by atoms with E-state index in [9.17, 15) is 10.1 Å². The van der Waals surface area contributed by atoms with Crippen LogP contribution in [-0.2, 0) is 5.75 Å². The summed E-state index contributed by atoms with van der Waals surface area (Å²) in [6.07, 6.45) is 1.96. The van der Waals surface area contributed by atoms with Gasteiger partial charge in [0.25, 0.3) is 5.69 Å². The zero-order chi connectivity index (χ0) is 15.2. The number of anilines is 1. The first-order valence-electron chi connectivity index (χ1n) is 6.16. The predicted octanol–water partition coefficient (Wildman–Crippen LogP) is 3.89. The number of nitro benzene ring substituents is 1. The molecular formula is C12H14N4O2S3. The van der Waals surface area contributed by atoms with Crippen molar-refractivity contribution < 1.29 is 4.92 Å². The van der Waals surface area contributed by atoms with E-state index in [0.717, 1.165) is 14.2 Å². The second-order valence-corrected chi connectivity index (χ2v) is 7.18. The minimum Gasteiger partial charge on any atom is -0.380 e. The molecule has 9 heteroatoms. The molecule has 112 valence electrons. The Hall–Kier alpha value is -1.32. The average Bonchev–Trinajstić information content (AvgIpc) is 2.94. The quantitative estimate of drug-likeness (QED) is 0.464. The number of benzene rings is 1. The maximum absolute atomic E-state index is 11.1. The summed E-state index contributed by atoms with van der Waals surface area (Å²) >= 11 is 4.63. The molecule has 0 unspecified atom stereocenters. The third-order valence-electron chi connectivity index (χ3n) is 2.59. The number of hydrogen-bond acceptors (Lipinski definition) is 8. The predicted molar refractivity (Wildman–Crippen MR) is 88.5 cm³/mol. The van der Waals surface area contributed by atoms with E-state index in [4.69, 9.17) is 0 Å². The van der Waals surface area contributed by atoms with Crippen LogP contribution in [0.1, 0.15) is 12.5 Å². The van der Waals surface area contributed by atoms with Crippen LogP contribution in [0.2, 0.25) is 0 Å². The minimum absolute atomic E-state index is 0.108. The highest BCUT2D eigenvalue weighted by Gasteiger charge is 2.17. The van der Waals surface area contributed by atoms with Gasteiger partial charge in [0.15, 0.2) is 8.68 Å². The molecule has 1 aromatic heterocycles. The Morgan fingerprint density at radius 3 is 2.76 bits per heavy atom. The van der Waals surface area contributed by atoms with E-state index < -0.39 is 0 Å². The number of aromatic nitrogens is 2. The van der Waals surface area contributed by atoms with Gasteiger partial charge in [-0.05, 0) is 18.7 Å². The zero-order valence-electron chi connectivity index (χ0n) is 11.5. The van der Waals surface area contributed by atoms with Crippen molar-refractivity contribution in [3.05, 3.63) is 33.9 Å². The van der Waals surface area contributed by atoms with Crippen LogP contribution in [0.4, 0.5) is 11.4 Å². The van der Waals surface area contributed by atoms with E-state index in [1.54, 1.807) is 17.8 Å². The number of nitro groups is 1. The van der Waals surface area contributed by atoms with Gasteiger partial charge in [0, 0.05) is 18.4 Å². The molecule has 0 aliphatic heterocycles. The molecule has 2 rings (SSSR count). The lowest BCUT2D eigenvalue weighted by Gasteiger charge is -2.10. The van der Waals surface area contributed by atoms with Crippen molar-refractivity contribution in [1.82, 2.24) is 10.2 Å². The molecule has 0 aliphatic carbocycles. The Morgan fingerprint density at radius 1 is 1.38 bits per heavy atom. The lowest BCUT2D eigenvalue weighted by molar-refractivity contribution is -0.384. The maximum atomic E-state index is 11.1. The third kappa shape index (κ3) is 4.08. The molecule has 0 radical (unpaired) electrons. The summed E-state index contributed by atoms with van der Waals surface area (Å²) in [5.41, 5.74) is 1.60. The fourth-order valence-corrected chi connectivity index (χ4v) is 4.15. The molecule has 0 amide bonds. The van der Waals surface area contributed by atoms with Crippen LogP contribution in [0.3, 0.4) is 0 Å². The van der Waals surface area contributed by atoms with E-state index in [2.05, 4.69) is 15.5 Å². The summed E-state index contributed by atoms with van der Waals surface area (Å²) in [6, 6.07) is 5.12. The van der Waals surface area contributed by atoms with Gasteiger partial charge in [-0.3, -0.25) is 10.1 Å². The third-order valence-corrected chi connectivity index (χ3v) is 5.67. The van der Waals surface area contributed by atoms with E-state index in [0.29, 0.717) is 18.0 Å². The Kier molecular flexibility index (Phi) is 5.83. The first-order chi connectivity index (χ1) is 10.2. The lowest BCUT2D eigenvalue weighted by atomic mass is 10.1. The summed E-state index contributed by atoms with van der Waals surface area (Å²) in [7, 11) is 0. The molecule has 21 heavy (non-hydrogen) atoms. The van der Waals surface area contributed by atoms with E-state index in [1.807, 2.05) is 19.2 Å². The van der Waals surface area contributed by atoms with Crippen LogP contribution in [0.5, 0.6) is 0 Å². The van der Waals surface area contributed by atoms with Crippen LogP contribution < -0.4 is 5.32 Å². The van der Waals surface area contributed by atoms with Crippen molar-refractivity contribution in [2.45, 2.75) is 21.4 Å². The second-order valence-electron chi connectivity index (χ2n) is 3.93. The number of hydrogen-bond donors (Lipinski definition) is 1. The first kappa shape index (κ1) is 16.1. The Morgan fingerprint density at radius 2 is 2.14 bits per heavy atom. The molecule has 0 atom stereocenters. The summed E-state index contributed by atoms with van der Waals surface area (Å²) in [4.78, 5) is 10.7. The molecule has 0 saturated carbocycles. The van der Waals surface area contributed by atoms with Gasteiger partial charge < -0.3 is 5.32 Å². The molecule has 1 heterocycles. The smallest absolute Gasteiger partial charge is 0.292 e. The first-order valence-corrected chi connectivity index (χ1v) is 9.18. The number of nitrogens with zero attached hydrogens (tertiary/aromatic N) is 3. The van der Waals surface area contributed by atoms with Crippen LogP contribution in [-0.4, -0.2) is 27.9 Å². The summed E-state index contributed by atoms with van der Waals surface area (Å²) < 4.78 is 1.79. The largest absolute Gasteiger partial charge is 0.380 e. The fourth-order valence-electron chi connectivity index (χ4n) is 1.72. The van der Waals surface area contributed by atoms with Gasteiger partial charge in [0.05, 0.1) is 4.92 Å². The topological polar surface area (TPSA) is 81.0 Å². The van der Waals surface area contributed by atoms with Crippen molar-refractivity contribution in [2.75, 3.05) is 18.1 Å². The molecule has 6 nitrogen and oxygen atoms in total. The molecule has 0 fully saturated rings. The highest BCUT2D eigenvalue weighted by molar-refractivity contribution is 8.02. The van der Waals surface area contributed by atoms with Crippen LogP contribution in [0.25, 0.3) is 0 Å². The fraction of sp³-hybridized carbons (Fsp3) is 0.333. The lowest BCUT2D eigenvalue weighted by Crippen LogP contribution is -2.04. The van der Waals surface area contributed by atoms with Crippen LogP contribution in [0, 0.1) is 10.1 Å². The van der Waals surface area contributed by atoms with Gasteiger partial charge >= 0.3 is 0 Å². The Balaban J connectivity index is 2.18. The van der Waals surface area contributed by atoms with Crippen molar-refractivity contribution in [2.24, 2.45) is 0 Å². The highest BCUT2D eigenvalue weighted by atomic mass is 32.2. The summed E-state index contributed by atoms with van der Waals surface area (Å²) in [5, 5.41) is 22.3.